The Labute approximate surface area is 180 Å². The van der Waals surface area contributed by atoms with Crippen LogP contribution in [0.15, 0.2) is 53.0 Å². The van der Waals surface area contributed by atoms with Gasteiger partial charge in [-0.15, -0.1) is 0 Å². The molecule has 2 aromatic carbocycles. The highest BCUT2D eigenvalue weighted by Gasteiger charge is 2.22. The molecule has 3 N–H and O–H groups in total. The van der Waals surface area contributed by atoms with Crippen LogP contribution in [0.2, 0.25) is 5.02 Å². The third-order valence-corrected chi connectivity index (χ3v) is 5.34. The van der Waals surface area contributed by atoms with Gasteiger partial charge in [0.15, 0.2) is 0 Å². The quantitative estimate of drug-likeness (QED) is 0.526. The van der Waals surface area contributed by atoms with Crippen molar-refractivity contribution in [1.82, 2.24) is 16.2 Å². The van der Waals surface area contributed by atoms with E-state index in [1.54, 1.807) is 60.3 Å². The van der Waals surface area contributed by atoms with E-state index in [4.69, 9.17) is 11.6 Å². The first-order chi connectivity index (χ1) is 13.4. The molecule has 0 aliphatic rings. The molecule has 0 bridgehead atoms. The van der Waals surface area contributed by atoms with Gasteiger partial charge in [0.25, 0.3) is 17.7 Å². The zero-order chi connectivity index (χ0) is 20.5. The summed E-state index contributed by atoms with van der Waals surface area (Å²) in [4.78, 5) is 37.1. The third kappa shape index (κ3) is 6.54. The fraction of sp³-hybridized carbons (Fsp3) is 0.211. The van der Waals surface area contributed by atoms with E-state index in [-0.39, 0.29) is 5.91 Å². The van der Waals surface area contributed by atoms with E-state index >= 15 is 0 Å². The molecule has 0 aliphatic carbocycles. The summed E-state index contributed by atoms with van der Waals surface area (Å²) in [6.07, 6.45) is 2.33. The van der Waals surface area contributed by atoms with Crippen LogP contribution in [0.3, 0.4) is 0 Å². The molecule has 0 saturated heterocycles. The molecular formula is C19H19BrClN3O3S. The molecule has 9 heteroatoms. The van der Waals surface area contributed by atoms with E-state index in [0.29, 0.717) is 32.8 Å². The molecule has 1 atom stereocenters. The molecule has 0 saturated carbocycles. The lowest BCUT2D eigenvalue weighted by Gasteiger charge is -2.19. The molecule has 0 fully saturated rings. The second-order valence-corrected chi connectivity index (χ2v) is 8.01. The van der Waals surface area contributed by atoms with Gasteiger partial charge in [-0.1, -0.05) is 23.7 Å². The topological polar surface area (TPSA) is 87.3 Å². The third-order valence-electron chi connectivity index (χ3n) is 3.76. The molecule has 6 nitrogen and oxygen atoms in total. The Morgan fingerprint density at radius 3 is 2.36 bits per heavy atom. The van der Waals surface area contributed by atoms with Crippen LogP contribution >= 0.6 is 39.3 Å². The molecule has 148 valence electrons. The molecule has 3 amide bonds. The number of hydrogen-bond acceptors (Lipinski definition) is 4. The lowest BCUT2D eigenvalue weighted by molar-refractivity contribution is -0.123. The number of amides is 3. The number of halogens is 2. The summed E-state index contributed by atoms with van der Waals surface area (Å²) >= 11 is 10.7. The molecular weight excluding hydrogens is 466 g/mol. The highest BCUT2D eigenvalue weighted by atomic mass is 79.9. The zero-order valence-electron chi connectivity index (χ0n) is 15.0. The number of nitrogens with one attached hydrogen (secondary N) is 3. The standard InChI is InChI=1S/C19H19BrClN3O3S/c1-28-11-10-16(22-18(26)14-4-2-3-5-15(14)20)19(27)24-23-17(25)12-6-8-13(21)9-7-12/h2-9,16H,10-11H2,1H3,(H,22,26)(H,23,25)(H,24,27). The molecule has 0 radical (unpaired) electrons. The Morgan fingerprint density at radius 2 is 1.71 bits per heavy atom. The van der Waals surface area contributed by atoms with E-state index < -0.39 is 17.9 Å². The Morgan fingerprint density at radius 1 is 1.04 bits per heavy atom. The van der Waals surface area contributed by atoms with Crippen LogP contribution in [0.4, 0.5) is 0 Å². The lowest BCUT2D eigenvalue weighted by Crippen LogP contribution is -2.52. The SMILES string of the molecule is CSCCC(NC(=O)c1ccccc1Br)C(=O)NNC(=O)c1ccc(Cl)cc1. The van der Waals surface area contributed by atoms with E-state index in [1.807, 2.05) is 6.26 Å². The Balaban J connectivity index is 2.00. The van der Waals surface area contributed by atoms with Gasteiger partial charge < -0.3 is 5.32 Å². The molecule has 0 aromatic heterocycles. The Bertz CT molecular complexity index is 849. The number of carbonyl (C=O) groups is 3. The molecule has 28 heavy (non-hydrogen) atoms. The largest absolute Gasteiger partial charge is 0.340 e. The van der Waals surface area contributed by atoms with E-state index in [9.17, 15) is 14.4 Å². The summed E-state index contributed by atoms with van der Waals surface area (Å²) in [7, 11) is 0. The maximum atomic E-state index is 12.5. The molecule has 2 aromatic rings. The smallest absolute Gasteiger partial charge is 0.269 e. The first-order valence-electron chi connectivity index (χ1n) is 8.32. The van der Waals surface area contributed by atoms with Crippen LogP contribution in [0, 0.1) is 0 Å². The predicted octanol–water partition coefficient (Wildman–Crippen LogP) is 3.42. The first kappa shape index (κ1) is 22.3. The summed E-state index contributed by atoms with van der Waals surface area (Å²) in [6, 6.07) is 12.4. The average molecular weight is 485 g/mol. The van der Waals surface area contributed by atoms with Gasteiger partial charge >= 0.3 is 0 Å². The van der Waals surface area contributed by atoms with Crippen molar-refractivity contribution >= 4 is 57.0 Å². The van der Waals surface area contributed by atoms with Crippen molar-refractivity contribution in [1.29, 1.82) is 0 Å². The summed E-state index contributed by atoms with van der Waals surface area (Å²) in [6.45, 7) is 0. The second kappa shape index (κ2) is 11.1. The monoisotopic (exact) mass is 483 g/mol. The number of rotatable bonds is 7. The van der Waals surface area contributed by atoms with E-state index in [1.165, 1.54) is 0 Å². The minimum Gasteiger partial charge on any atom is -0.340 e. The van der Waals surface area contributed by atoms with Crippen molar-refractivity contribution in [3.8, 4) is 0 Å². The van der Waals surface area contributed by atoms with Crippen LogP contribution in [0.25, 0.3) is 0 Å². The van der Waals surface area contributed by atoms with Gasteiger partial charge in [0.05, 0.1) is 5.56 Å². The molecule has 0 spiro atoms. The summed E-state index contributed by atoms with van der Waals surface area (Å²) in [5, 5.41) is 3.22. The van der Waals surface area contributed by atoms with E-state index in [2.05, 4.69) is 32.1 Å². The van der Waals surface area contributed by atoms with Crippen LogP contribution < -0.4 is 16.2 Å². The molecule has 1 unspecified atom stereocenters. The van der Waals surface area contributed by atoms with Gasteiger partial charge in [-0.3, -0.25) is 25.2 Å². The van der Waals surface area contributed by atoms with E-state index in [0.717, 1.165) is 0 Å². The van der Waals surface area contributed by atoms with Crippen molar-refractivity contribution in [2.45, 2.75) is 12.5 Å². The average Bonchev–Trinajstić information content (AvgIpc) is 2.69. The highest BCUT2D eigenvalue weighted by Crippen LogP contribution is 2.16. The summed E-state index contributed by atoms with van der Waals surface area (Å²) in [5.74, 6) is -0.695. The van der Waals surface area contributed by atoms with Gasteiger partial charge in [0, 0.05) is 15.1 Å². The zero-order valence-corrected chi connectivity index (χ0v) is 18.2. The number of carbonyl (C=O) groups excluding carboxylic acids is 3. The normalized spacial score (nSPS) is 11.4. The predicted molar refractivity (Wildman–Crippen MR) is 115 cm³/mol. The van der Waals surface area contributed by atoms with Crippen molar-refractivity contribution in [3.05, 3.63) is 69.2 Å². The Kier molecular flexibility index (Phi) is 8.82. The van der Waals surface area contributed by atoms with Crippen LogP contribution in [0.1, 0.15) is 27.1 Å². The maximum Gasteiger partial charge on any atom is 0.269 e. The number of thioether (sulfide) groups is 1. The van der Waals surface area contributed by atoms with Gasteiger partial charge in [0.1, 0.15) is 6.04 Å². The second-order valence-electron chi connectivity index (χ2n) is 5.74. The highest BCUT2D eigenvalue weighted by molar-refractivity contribution is 9.10. The molecule has 2 rings (SSSR count). The van der Waals surface area contributed by atoms with Crippen LogP contribution in [-0.2, 0) is 4.79 Å². The van der Waals surface area contributed by atoms with Crippen molar-refractivity contribution in [2.75, 3.05) is 12.0 Å². The molecule has 0 aliphatic heterocycles. The maximum absolute atomic E-state index is 12.5. The molecule has 0 heterocycles. The van der Waals surface area contributed by atoms with Crippen LogP contribution in [0.5, 0.6) is 0 Å². The minimum atomic E-state index is -0.794. The van der Waals surface area contributed by atoms with Gasteiger partial charge in [-0.05, 0) is 70.8 Å². The summed E-state index contributed by atoms with van der Waals surface area (Å²) < 4.78 is 0.632. The fourth-order valence-electron chi connectivity index (χ4n) is 2.26. The van der Waals surface area contributed by atoms with Gasteiger partial charge in [-0.25, -0.2) is 0 Å². The number of hydrazine groups is 1. The van der Waals surface area contributed by atoms with Gasteiger partial charge in [-0.2, -0.15) is 11.8 Å². The van der Waals surface area contributed by atoms with Crippen molar-refractivity contribution < 1.29 is 14.4 Å². The lowest BCUT2D eigenvalue weighted by atomic mass is 10.1. The van der Waals surface area contributed by atoms with Gasteiger partial charge in [0.2, 0.25) is 0 Å². The van der Waals surface area contributed by atoms with Crippen molar-refractivity contribution in [2.24, 2.45) is 0 Å². The van der Waals surface area contributed by atoms with Crippen LogP contribution in [-0.4, -0.2) is 35.8 Å². The number of hydrogen-bond donors (Lipinski definition) is 3. The number of benzene rings is 2. The van der Waals surface area contributed by atoms with Crippen molar-refractivity contribution in [3.63, 3.8) is 0 Å². The first-order valence-corrected chi connectivity index (χ1v) is 10.9. The Hall–Kier alpha value is -2.03. The minimum absolute atomic E-state index is 0.350. The fourth-order valence-corrected chi connectivity index (χ4v) is 3.33. The summed E-state index contributed by atoms with van der Waals surface area (Å²) in [5.41, 5.74) is 5.49.